The highest BCUT2D eigenvalue weighted by Gasteiger charge is 2.26. The summed E-state index contributed by atoms with van der Waals surface area (Å²) in [7, 11) is 3.13. The molecule has 0 aromatic heterocycles. The normalized spacial score (nSPS) is 17.8. The number of thioether (sulfide) groups is 1. The number of ether oxygens (including phenoxy) is 1. The Morgan fingerprint density at radius 3 is 2.85 bits per heavy atom. The number of anilines is 1. The number of nitro groups is 1. The van der Waals surface area contributed by atoms with Crippen LogP contribution in [-0.4, -0.2) is 42.6 Å². The third-order valence-electron chi connectivity index (χ3n) is 3.43. The first-order valence-corrected chi connectivity index (χ1v) is 7.37. The first-order chi connectivity index (χ1) is 9.54. The molecule has 0 N–H and O–H groups in total. The van der Waals surface area contributed by atoms with Gasteiger partial charge in [-0.05, 0) is 24.3 Å². The van der Waals surface area contributed by atoms with E-state index in [-0.39, 0.29) is 11.7 Å². The molecule has 1 unspecified atom stereocenters. The van der Waals surface area contributed by atoms with E-state index in [1.54, 1.807) is 0 Å². The van der Waals surface area contributed by atoms with Gasteiger partial charge in [0.2, 0.25) is 0 Å². The highest BCUT2D eigenvalue weighted by Crippen LogP contribution is 2.33. The standard InChI is InChI=1S/C13H16N2O4S/c1-14(10-5-6-20-8-10)12-7-9(13(16)19-2)3-4-11(12)15(17)18/h3-4,7,10H,5-6,8H2,1-2H3. The van der Waals surface area contributed by atoms with Gasteiger partial charge in [0.05, 0.1) is 17.6 Å². The SMILES string of the molecule is COC(=O)c1ccc([N+](=O)[O-])c(N(C)C2CCSC2)c1. The van der Waals surface area contributed by atoms with Gasteiger partial charge in [0.25, 0.3) is 5.69 Å². The molecule has 1 aromatic carbocycles. The first-order valence-electron chi connectivity index (χ1n) is 6.22. The Morgan fingerprint density at radius 1 is 1.55 bits per heavy atom. The monoisotopic (exact) mass is 296 g/mol. The smallest absolute Gasteiger partial charge is 0.337 e. The molecule has 1 aromatic rings. The number of nitrogens with zero attached hydrogens (tertiary/aromatic N) is 2. The molecule has 7 heteroatoms. The van der Waals surface area contributed by atoms with Crippen molar-refractivity contribution in [1.82, 2.24) is 0 Å². The summed E-state index contributed by atoms with van der Waals surface area (Å²) in [6, 6.07) is 4.57. The number of carbonyl (C=O) groups is 1. The molecule has 0 saturated carbocycles. The van der Waals surface area contributed by atoms with Crippen LogP contribution in [0.2, 0.25) is 0 Å². The van der Waals surface area contributed by atoms with Crippen LogP contribution in [0.5, 0.6) is 0 Å². The van der Waals surface area contributed by atoms with E-state index in [1.807, 2.05) is 23.7 Å². The maximum atomic E-state index is 11.6. The summed E-state index contributed by atoms with van der Waals surface area (Å²) in [5, 5.41) is 11.1. The van der Waals surface area contributed by atoms with Crippen molar-refractivity contribution in [2.75, 3.05) is 30.6 Å². The Labute approximate surface area is 121 Å². The highest BCUT2D eigenvalue weighted by atomic mass is 32.2. The number of nitro benzene ring substituents is 1. The van der Waals surface area contributed by atoms with Crippen LogP contribution in [0.25, 0.3) is 0 Å². The minimum Gasteiger partial charge on any atom is -0.465 e. The molecule has 0 amide bonds. The van der Waals surface area contributed by atoms with E-state index in [4.69, 9.17) is 0 Å². The van der Waals surface area contributed by atoms with Gasteiger partial charge in [0.1, 0.15) is 5.69 Å². The minimum atomic E-state index is -0.490. The van der Waals surface area contributed by atoms with Crippen LogP contribution in [0.15, 0.2) is 18.2 Å². The molecule has 0 bridgehead atoms. The van der Waals surface area contributed by atoms with E-state index < -0.39 is 10.9 Å². The Bertz CT molecular complexity index is 529. The van der Waals surface area contributed by atoms with Gasteiger partial charge < -0.3 is 9.64 Å². The maximum Gasteiger partial charge on any atom is 0.337 e. The van der Waals surface area contributed by atoms with Crippen molar-refractivity contribution in [3.05, 3.63) is 33.9 Å². The molecule has 108 valence electrons. The van der Waals surface area contributed by atoms with Crippen LogP contribution < -0.4 is 4.90 Å². The van der Waals surface area contributed by atoms with Crippen molar-refractivity contribution < 1.29 is 14.5 Å². The Morgan fingerprint density at radius 2 is 2.30 bits per heavy atom. The van der Waals surface area contributed by atoms with Crippen molar-refractivity contribution in [3.8, 4) is 0 Å². The van der Waals surface area contributed by atoms with Crippen LogP contribution in [0.4, 0.5) is 11.4 Å². The predicted octanol–water partition coefficient (Wildman–Crippen LogP) is 2.32. The third kappa shape index (κ3) is 2.87. The van der Waals surface area contributed by atoms with E-state index in [0.29, 0.717) is 11.3 Å². The van der Waals surface area contributed by atoms with Gasteiger partial charge >= 0.3 is 5.97 Å². The van der Waals surface area contributed by atoms with Crippen molar-refractivity contribution >= 4 is 29.1 Å². The van der Waals surface area contributed by atoms with E-state index in [1.165, 1.54) is 25.3 Å². The second kappa shape index (κ2) is 6.13. The van der Waals surface area contributed by atoms with E-state index in [0.717, 1.165) is 17.9 Å². The van der Waals surface area contributed by atoms with Gasteiger partial charge in [-0.3, -0.25) is 10.1 Å². The third-order valence-corrected chi connectivity index (χ3v) is 4.57. The van der Waals surface area contributed by atoms with E-state index in [9.17, 15) is 14.9 Å². The molecule has 20 heavy (non-hydrogen) atoms. The molecule has 1 heterocycles. The zero-order chi connectivity index (χ0) is 14.7. The molecule has 1 saturated heterocycles. The van der Waals surface area contributed by atoms with Gasteiger partial charge in [0.15, 0.2) is 0 Å². The quantitative estimate of drug-likeness (QED) is 0.482. The Hall–Kier alpha value is -1.76. The summed E-state index contributed by atoms with van der Waals surface area (Å²) in [4.78, 5) is 24.2. The lowest BCUT2D eigenvalue weighted by atomic mass is 10.1. The van der Waals surface area contributed by atoms with Crippen molar-refractivity contribution in [3.63, 3.8) is 0 Å². The maximum absolute atomic E-state index is 11.6. The zero-order valence-electron chi connectivity index (χ0n) is 11.4. The number of hydrogen-bond donors (Lipinski definition) is 0. The zero-order valence-corrected chi connectivity index (χ0v) is 12.2. The number of benzene rings is 1. The fourth-order valence-electron chi connectivity index (χ4n) is 2.23. The van der Waals surface area contributed by atoms with Crippen LogP contribution >= 0.6 is 11.8 Å². The van der Waals surface area contributed by atoms with Crippen LogP contribution in [-0.2, 0) is 4.74 Å². The van der Waals surface area contributed by atoms with Gasteiger partial charge in [0, 0.05) is 24.9 Å². The minimum absolute atomic E-state index is 0.0112. The van der Waals surface area contributed by atoms with Gasteiger partial charge in [-0.1, -0.05) is 0 Å². The lowest BCUT2D eigenvalue weighted by Gasteiger charge is -2.25. The summed E-state index contributed by atoms with van der Waals surface area (Å²) in [6.45, 7) is 0. The summed E-state index contributed by atoms with van der Waals surface area (Å²) in [5.41, 5.74) is 0.799. The summed E-state index contributed by atoms with van der Waals surface area (Å²) >= 11 is 1.83. The number of methoxy groups -OCH3 is 1. The van der Waals surface area contributed by atoms with Gasteiger partial charge in [-0.2, -0.15) is 11.8 Å². The number of rotatable bonds is 4. The molecule has 0 radical (unpaired) electrons. The second-order valence-electron chi connectivity index (χ2n) is 4.58. The number of esters is 1. The van der Waals surface area contributed by atoms with Gasteiger partial charge in [-0.25, -0.2) is 4.79 Å². The summed E-state index contributed by atoms with van der Waals surface area (Å²) in [6.07, 6.45) is 0.987. The Balaban J connectivity index is 2.40. The lowest BCUT2D eigenvalue weighted by Crippen LogP contribution is -2.32. The van der Waals surface area contributed by atoms with Crippen molar-refractivity contribution in [2.45, 2.75) is 12.5 Å². The van der Waals surface area contributed by atoms with E-state index in [2.05, 4.69) is 4.74 Å². The molecule has 2 rings (SSSR count). The predicted molar refractivity (Wildman–Crippen MR) is 78.6 cm³/mol. The molecule has 0 aliphatic carbocycles. The molecule has 1 fully saturated rings. The van der Waals surface area contributed by atoms with Gasteiger partial charge in [-0.15, -0.1) is 0 Å². The first kappa shape index (κ1) is 14.6. The van der Waals surface area contributed by atoms with E-state index >= 15 is 0 Å². The molecule has 0 spiro atoms. The molecule has 1 atom stereocenters. The fourth-order valence-corrected chi connectivity index (χ4v) is 3.50. The molecular formula is C13H16N2O4S. The molecule has 6 nitrogen and oxygen atoms in total. The fraction of sp³-hybridized carbons (Fsp3) is 0.462. The average Bonchev–Trinajstić information content (AvgIpc) is 2.99. The van der Waals surface area contributed by atoms with Crippen LogP contribution in [0.3, 0.4) is 0 Å². The Kier molecular flexibility index (Phi) is 4.49. The molecule has 1 aliphatic heterocycles. The largest absolute Gasteiger partial charge is 0.465 e. The highest BCUT2D eigenvalue weighted by molar-refractivity contribution is 7.99. The summed E-state index contributed by atoms with van der Waals surface area (Å²) < 4.78 is 4.67. The topological polar surface area (TPSA) is 72.7 Å². The van der Waals surface area contributed by atoms with Crippen LogP contribution in [0.1, 0.15) is 16.8 Å². The number of hydrogen-bond acceptors (Lipinski definition) is 6. The molecular weight excluding hydrogens is 280 g/mol. The van der Waals surface area contributed by atoms with Crippen molar-refractivity contribution in [1.29, 1.82) is 0 Å². The molecule has 1 aliphatic rings. The summed E-state index contributed by atoms with van der Waals surface area (Å²) in [5.74, 6) is 1.51. The number of carbonyl (C=O) groups excluding carboxylic acids is 1. The second-order valence-corrected chi connectivity index (χ2v) is 5.73. The average molecular weight is 296 g/mol. The van der Waals surface area contributed by atoms with Crippen molar-refractivity contribution in [2.24, 2.45) is 0 Å². The lowest BCUT2D eigenvalue weighted by molar-refractivity contribution is -0.384. The van der Waals surface area contributed by atoms with Crippen LogP contribution in [0, 0.1) is 10.1 Å².